The van der Waals surface area contributed by atoms with Gasteiger partial charge in [0.1, 0.15) is 0 Å². The predicted octanol–water partition coefficient (Wildman–Crippen LogP) is 2.69. The Bertz CT molecular complexity index is 179. The first kappa shape index (κ1) is 10.3. The monoisotopic (exact) mass is 182 g/mol. The minimum Gasteiger partial charge on any atom is -0.466 e. The molecule has 0 saturated heterocycles. The number of hydrogen-bond donors (Lipinski definition) is 0. The first-order chi connectivity index (χ1) is 6.33. The lowest BCUT2D eigenvalue weighted by Crippen LogP contribution is -2.05. The number of carbonyl (C=O) groups is 1. The van der Waals surface area contributed by atoms with Crippen molar-refractivity contribution in [2.75, 3.05) is 7.11 Å². The summed E-state index contributed by atoms with van der Waals surface area (Å²) in [6.07, 6.45) is 11.3. The van der Waals surface area contributed by atoms with Gasteiger partial charge < -0.3 is 4.74 Å². The van der Waals surface area contributed by atoms with Crippen LogP contribution in [0.25, 0.3) is 0 Å². The van der Waals surface area contributed by atoms with E-state index in [9.17, 15) is 4.79 Å². The standard InChI is InChI=1S/C11H18O2/c1-13-11(12)9-5-8-10-6-3-2-4-7-10/h5,9-10H,2-4,6-8H2,1H3/b9-5+. The van der Waals surface area contributed by atoms with Crippen LogP contribution in [0.3, 0.4) is 0 Å². The van der Waals surface area contributed by atoms with Crippen LogP contribution >= 0.6 is 0 Å². The molecule has 0 radical (unpaired) electrons. The fourth-order valence-corrected chi connectivity index (χ4v) is 1.85. The van der Waals surface area contributed by atoms with Crippen molar-refractivity contribution in [3.05, 3.63) is 12.2 Å². The van der Waals surface area contributed by atoms with E-state index in [1.54, 1.807) is 0 Å². The van der Waals surface area contributed by atoms with Gasteiger partial charge in [0.25, 0.3) is 0 Å². The normalized spacial score (nSPS) is 19.2. The number of carbonyl (C=O) groups excluding carboxylic acids is 1. The lowest BCUT2D eigenvalue weighted by Gasteiger charge is -2.19. The topological polar surface area (TPSA) is 26.3 Å². The van der Waals surface area contributed by atoms with Crippen molar-refractivity contribution in [1.29, 1.82) is 0 Å². The van der Waals surface area contributed by atoms with Gasteiger partial charge in [0.15, 0.2) is 0 Å². The molecule has 1 saturated carbocycles. The van der Waals surface area contributed by atoms with Crippen molar-refractivity contribution in [3.8, 4) is 0 Å². The van der Waals surface area contributed by atoms with E-state index in [4.69, 9.17) is 0 Å². The molecule has 0 aromatic carbocycles. The van der Waals surface area contributed by atoms with Crippen molar-refractivity contribution in [3.63, 3.8) is 0 Å². The van der Waals surface area contributed by atoms with Crippen LogP contribution < -0.4 is 0 Å². The SMILES string of the molecule is COC(=O)/C=C/CC1CCCCC1. The third-order valence-electron chi connectivity index (χ3n) is 2.65. The van der Waals surface area contributed by atoms with Gasteiger partial charge in [-0.05, 0) is 12.3 Å². The van der Waals surface area contributed by atoms with E-state index >= 15 is 0 Å². The Balaban J connectivity index is 2.16. The largest absolute Gasteiger partial charge is 0.466 e. The van der Waals surface area contributed by atoms with Gasteiger partial charge in [-0.3, -0.25) is 0 Å². The zero-order valence-corrected chi connectivity index (χ0v) is 8.29. The first-order valence-corrected chi connectivity index (χ1v) is 5.07. The number of methoxy groups -OCH3 is 1. The highest BCUT2D eigenvalue weighted by Crippen LogP contribution is 2.26. The van der Waals surface area contributed by atoms with Crippen molar-refractivity contribution < 1.29 is 9.53 Å². The van der Waals surface area contributed by atoms with E-state index in [2.05, 4.69) is 4.74 Å². The van der Waals surface area contributed by atoms with E-state index in [-0.39, 0.29) is 5.97 Å². The molecule has 0 aliphatic heterocycles. The van der Waals surface area contributed by atoms with Crippen molar-refractivity contribution in [1.82, 2.24) is 0 Å². The average Bonchev–Trinajstić information content (AvgIpc) is 2.19. The molecule has 0 heterocycles. The molecule has 1 aliphatic carbocycles. The Labute approximate surface area is 80.0 Å². The molecular formula is C11H18O2. The molecule has 13 heavy (non-hydrogen) atoms. The third-order valence-corrected chi connectivity index (χ3v) is 2.65. The molecule has 2 heteroatoms. The Morgan fingerprint density at radius 1 is 1.38 bits per heavy atom. The molecule has 0 atom stereocenters. The van der Waals surface area contributed by atoms with E-state index in [0.717, 1.165) is 12.3 Å². The lowest BCUT2D eigenvalue weighted by atomic mass is 9.87. The van der Waals surface area contributed by atoms with Crippen molar-refractivity contribution in [2.24, 2.45) is 5.92 Å². The second-order valence-corrected chi connectivity index (χ2v) is 3.67. The molecule has 0 N–H and O–H groups in total. The minimum atomic E-state index is -0.240. The molecular weight excluding hydrogens is 164 g/mol. The maximum Gasteiger partial charge on any atom is 0.330 e. The first-order valence-electron chi connectivity index (χ1n) is 5.07. The van der Waals surface area contributed by atoms with Gasteiger partial charge in [0.05, 0.1) is 7.11 Å². The van der Waals surface area contributed by atoms with Crippen LogP contribution in [0, 0.1) is 5.92 Å². The number of rotatable bonds is 3. The highest BCUT2D eigenvalue weighted by molar-refractivity contribution is 5.81. The second-order valence-electron chi connectivity index (χ2n) is 3.67. The summed E-state index contributed by atoms with van der Waals surface area (Å²) in [7, 11) is 1.41. The number of allylic oxidation sites excluding steroid dienone is 1. The zero-order chi connectivity index (χ0) is 9.52. The molecule has 1 aliphatic rings. The van der Waals surface area contributed by atoms with Crippen molar-refractivity contribution >= 4 is 5.97 Å². The highest BCUT2D eigenvalue weighted by Gasteiger charge is 2.11. The third kappa shape index (κ3) is 4.11. The number of hydrogen-bond acceptors (Lipinski definition) is 2. The smallest absolute Gasteiger partial charge is 0.330 e. The summed E-state index contributed by atoms with van der Waals surface area (Å²) in [5.74, 6) is 0.561. The minimum absolute atomic E-state index is 0.240. The van der Waals surface area contributed by atoms with Gasteiger partial charge in [-0.2, -0.15) is 0 Å². The van der Waals surface area contributed by atoms with Crippen LogP contribution in [0.5, 0.6) is 0 Å². The number of esters is 1. The molecule has 0 amide bonds. The molecule has 0 bridgehead atoms. The molecule has 0 spiro atoms. The van der Waals surface area contributed by atoms with Gasteiger partial charge in [-0.1, -0.05) is 38.2 Å². The Morgan fingerprint density at radius 2 is 2.08 bits per heavy atom. The van der Waals surface area contributed by atoms with E-state index in [1.807, 2.05) is 6.08 Å². The molecule has 1 fully saturated rings. The summed E-state index contributed by atoms with van der Waals surface area (Å²) in [6.45, 7) is 0. The summed E-state index contributed by atoms with van der Waals surface area (Å²) in [6, 6.07) is 0. The van der Waals surface area contributed by atoms with E-state index < -0.39 is 0 Å². The predicted molar refractivity (Wildman–Crippen MR) is 52.3 cm³/mol. The molecule has 0 aromatic heterocycles. The van der Waals surface area contributed by atoms with Crippen LogP contribution in [-0.4, -0.2) is 13.1 Å². The Morgan fingerprint density at radius 3 is 2.69 bits per heavy atom. The maximum atomic E-state index is 10.7. The van der Waals surface area contributed by atoms with Crippen LogP contribution in [0.1, 0.15) is 38.5 Å². The van der Waals surface area contributed by atoms with Gasteiger partial charge in [0.2, 0.25) is 0 Å². The summed E-state index contributed by atoms with van der Waals surface area (Å²) >= 11 is 0. The van der Waals surface area contributed by atoms with Gasteiger partial charge in [-0.25, -0.2) is 4.79 Å². The molecule has 0 aromatic rings. The van der Waals surface area contributed by atoms with Crippen LogP contribution in [-0.2, 0) is 9.53 Å². The highest BCUT2D eigenvalue weighted by atomic mass is 16.5. The van der Waals surface area contributed by atoms with Crippen LogP contribution in [0.4, 0.5) is 0 Å². The summed E-state index contributed by atoms with van der Waals surface area (Å²) < 4.78 is 4.51. The van der Waals surface area contributed by atoms with Crippen LogP contribution in [0.2, 0.25) is 0 Å². The van der Waals surface area contributed by atoms with E-state index in [1.165, 1.54) is 45.3 Å². The summed E-state index contributed by atoms with van der Waals surface area (Å²) in [5, 5.41) is 0. The van der Waals surface area contributed by atoms with E-state index in [0.29, 0.717) is 0 Å². The van der Waals surface area contributed by atoms with Gasteiger partial charge >= 0.3 is 5.97 Å². The summed E-state index contributed by atoms with van der Waals surface area (Å²) in [4.78, 5) is 10.7. The fourth-order valence-electron chi connectivity index (χ4n) is 1.85. The Kier molecular flexibility index (Phi) is 4.58. The molecule has 1 rings (SSSR count). The van der Waals surface area contributed by atoms with Gasteiger partial charge in [0, 0.05) is 6.08 Å². The quantitative estimate of drug-likeness (QED) is 0.495. The average molecular weight is 182 g/mol. The van der Waals surface area contributed by atoms with Crippen LogP contribution in [0.15, 0.2) is 12.2 Å². The molecule has 2 nitrogen and oxygen atoms in total. The maximum absolute atomic E-state index is 10.7. The molecule has 74 valence electrons. The zero-order valence-electron chi connectivity index (χ0n) is 8.29. The lowest BCUT2D eigenvalue weighted by molar-refractivity contribution is -0.134. The van der Waals surface area contributed by atoms with Crippen molar-refractivity contribution in [2.45, 2.75) is 38.5 Å². The Hall–Kier alpha value is -0.790. The van der Waals surface area contributed by atoms with Gasteiger partial charge in [-0.15, -0.1) is 0 Å². The molecule has 0 unspecified atom stereocenters. The fraction of sp³-hybridized carbons (Fsp3) is 0.727. The summed E-state index contributed by atoms with van der Waals surface area (Å²) in [5.41, 5.74) is 0. The second kappa shape index (κ2) is 5.79. The number of ether oxygens (including phenoxy) is 1.